The molecule has 0 saturated heterocycles. The first-order valence-corrected chi connectivity index (χ1v) is 35.0. The quantitative estimate of drug-likeness (QED) is 0.105. The molecule has 0 amide bonds. The Hall–Kier alpha value is -10.3. The maximum atomic E-state index is 2.73. The average molecular weight is 1150 g/mol. The van der Waals surface area contributed by atoms with Crippen LogP contribution in [-0.2, 0) is 0 Å². The molecule has 420 valence electrons. The number of rotatable bonds is 9. The molecule has 4 aliphatic rings. The molecule has 14 aromatic rings. The van der Waals surface area contributed by atoms with Gasteiger partial charge in [0.1, 0.15) is 0 Å². The van der Waals surface area contributed by atoms with E-state index in [1.807, 2.05) is 0 Å². The highest BCUT2D eigenvalue weighted by Crippen LogP contribution is 2.52. The van der Waals surface area contributed by atoms with Gasteiger partial charge < -0.3 is 19.6 Å². The van der Waals surface area contributed by atoms with Gasteiger partial charge in [-0.25, -0.2) is 0 Å². The summed E-state index contributed by atoms with van der Waals surface area (Å²) in [6, 6.07) is 101. The highest BCUT2D eigenvalue weighted by Gasteiger charge is 2.46. The van der Waals surface area contributed by atoms with Crippen LogP contribution in [0.25, 0.3) is 54.6 Å². The Labute approximate surface area is 522 Å². The van der Waals surface area contributed by atoms with Crippen molar-refractivity contribution in [1.82, 2.24) is 0 Å². The molecule has 0 fully saturated rings. The van der Waals surface area contributed by atoms with Gasteiger partial charge in [-0.15, -0.1) is 0 Å². The summed E-state index contributed by atoms with van der Waals surface area (Å²) < 4.78 is 0. The fourth-order valence-electron chi connectivity index (χ4n) is 16.2. The van der Waals surface area contributed by atoms with E-state index in [1.54, 1.807) is 0 Å². The number of para-hydroxylation sites is 6. The van der Waals surface area contributed by atoms with E-state index in [0.29, 0.717) is 0 Å². The molecule has 4 heterocycles. The van der Waals surface area contributed by atoms with Crippen LogP contribution >= 0.6 is 0 Å². The fourth-order valence-corrected chi connectivity index (χ4v) is 17.8. The van der Waals surface area contributed by atoms with Crippen LogP contribution in [0.5, 0.6) is 0 Å². The summed E-state index contributed by atoms with van der Waals surface area (Å²) in [6.45, 7) is 14.6. The smallest absolute Gasteiger partial charge is 0.248 e. The first-order valence-electron chi connectivity index (χ1n) is 31.5. The molecule has 4 aliphatic heterocycles. The van der Waals surface area contributed by atoms with Gasteiger partial charge in [-0.05, 0) is 223 Å². The van der Waals surface area contributed by atoms with Crippen molar-refractivity contribution in [2.45, 2.75) is 40.4 Å². The van der Waals surface area contributed by atoms with E-state index in [2.05, 4.69) is 327 Å². The van der Waals surface area contributed by atoms with Crippen LogP contribution in [-0.4, -0.2) is 21.5 Å². The Morgan fingerprint density at radius 1 is 0.303 bits per heavy atom. The van der Waals surface area contributed by atoms with E-state index in [9.17, 15) is 0 Å². The highest BCUT2D eigenvalue weighted by atomic mass is 28.3. The van der Waals surface area contributed by atoms with Crippen molar-refractivity contribution in [2.24, 2.45) is 0 Å². The lowest BCUT2D eigenvalue weighted by atomic mass is 9.31. The lowest BCUT2D eigenvalue weighted by Crippen LogP contribution is -2.60. The van der Waals surface area contributed by atoms with Gasteiger partial charge in [0.2, 0.25) is 13.4 Å². The fraction of sp³-hybridized carbons (Fsp3) is 0.0732. The van der Waals surface area contributed by atoms with Crippen molar-refractivity contribution < 1.29 is 0 Å². The molecule has 89 heavy (non-hydrogen) atoms. The summed E-state index contributed by atoms with van der Waals surface area (Å²) in [6.07, 6.45) is 0. The van der Waals surface area contributed by atoms with Crippen LogP contribution < -0.4 is 57.6 Å². The van der Waals surface area contributed by atoms with Gasteiger partial charge in [0.25, 0.3) is 0 Å². The Morgan fingerprint density at radius 2 is 0.719 bits per heavy atom. The topological polar surface area (TPSA) is 13.0 Å². The Kier molecular flexibility index (Phi) is 11.3. The number of fused-ring (bicyclic) bond motifs is 8. The molecule has 0 bridgehead atoms. The standard InChI is InChI=1S/C82H62B2N4Si/c1-51-37-39-68-72(42-51)87(58-33-21-11-22-34-58)75-47-61(86(56-29-17-9-18-30-56)57-31-19-10-20-32-57)45-66-64-50-76(89(4,5)6)67-49-71-77-63(44-53(3)62-48-70(83(68)82(66)75)78(64)80(67)79(62)77)65-41-52(2)43-74-81(65)84(71)69-40-38-60(46-73(69)88(74)59-35-23-12-24-36-59)85(54-25-13-7-14-26-54)55-27-15-8-16-28-55/h7-50H,1-6H3. The summed E-state index contributed by atoms with van der Waals surface area (Å²) >= 11 is 0. The number of benzene rings is 14. The van der Waals surface area contributed by atoms with E-state index in [-0.39, 0.29) is 13.4 Å². The zero-order valence-electron chi connectivity index (χ0n) is 50.8. The van der Waals surface area contributed by atoms with Gasteiger partial charge in [-0.3, -0.25) is 0 Å². The molecular weight excluding hydrogens is 1090 g/mol. The molecule has 0 radical (unpaired) electrons. The molecule has 0 saturated carbocycles. The maximum absolute atomic E-state index is 2.73. The SMILES string of the molecule is Cc1ccc2c(c1)N(c1ccccc1)c1cc(N(c3ccccc3)c3ccccc3)cc3c1B2c1cc2c(C)cc4c5c(cc6c([Si](C)(C)C)cc-3c1c6c25)B1c2ccc(N(c3ccccc3)c3ccccc3)cc2N(c2ccccc2)c2cc(C)cc-4c21. The average Bonchev–Trinajstić information content (AvgIpc) is 0.671. The number of hydrogen-bond donors (Lipinski definition) is 0. The zero-order chi connectivity index (χ0) is 59.6. The van der Waals surface area contributed by atoms with Gasteiger partial charge in [0.05, 0.1) is 8.07 Å². The first-order chi connectivity index (χ1) is 43.6. The monoisotopic (exact) mass is 1150 g/mol. The van der Waals surface area contributed by atoms with Crippen LogP contribution in [0.3, 0.4) is 0 Å². The minimum Gasteiger partial charge on any atom is -0.311 e. The zero-order valence-corrected chi connectivity index (χ0v) is 51.8. The summed E-state index contributed by atoms with van der Waals surface area (Å²) in [5.41, 5.74) is 31.3. The van der Waals surface area contributed by atoms with E-state index >= 15 is 0 Å². The lowest BCUT2D eigenvalue weighted by molar-refractivity contribution is 1.25. The molecule has 0 aromatic heterocycles. The third-order valence-corrected chi connectivity index (χ3v) is 21.8. The summed E-state index contributed by atoms with van der Waals surface area (Å²) in [4.78, 5) is 10.0. The molecule has 0 N–H and O–H groups in total. The van der Waals surface area contributed by atoms with Crippen LogP contribution in [0.2, 0.25) is 19.6 Å². The van der Waals surface area contributed by atoms with Gasteiger partial charge in [0.15, 0.2) is 0 Å². The van der Waals surface area contributed by atoms with E-state index in [1.165, 1.54) is 132 Å². The molecule has 0 aliphatic carbocycles. The van der Waals surface area contributed by atoms with Gasteiger partial charge in [-0.2, -0.15) is 0 Å². The third-order valence-electron chi connectivity index (χ3n) is 19.8. The van der Waals surface area contributed by atoms with Crippen LogP contribution in [0.15, 0.2) is 267 Å². The Bertz CT molecular complexity index is 5150. The Morgan fingerprint density at radius 3 is 1.25 bits per heavy atom. The second-order valence-electron chi connectivity index (χ2n) is 26.2. The highest BCUT2D eigenvalue weighted by molar-refractivity contribution is 7.03. The third kappa shape index (κ3) is 7.61. The van der Waals surface area contributed by atoms with Crippen molar-refractivity contribution in [3.63, 3.8) is 0 Å². The molecule has 0 unspecified atom stereocenters. The van der Waals surface area contributed by atoms with Crippen LogP contribution in [0.4, 0.5) is 68.2 Å². The van der Waals surface area contributed by atoms with Crippen molar-refractivity contribution in [1.29, 1.82) is 0 Å². The molecule has 14 aromatic carbocycles. The molecule has 18 rings (SSSR count). The Balaban J connectivity index is 0.969. The van der Waals surface area contributed by atoms with E-state index in [4.69, 9.17) is 0 Å². The van der Waals surface area contributed by atoms with Gasteiger partial charge in [-0.1, -0.05) is 193 Å². The second-order valence-corrected chi connectivity index (χ2v) is 31.2. The number of anilines is 12. The summed E-state index contributed by atoms with van der Waals surface area (Å²) in [7, 11) is -2.18. The van der Waals surface area contributed by atoms with Crippen molar-refractivity contribution >= 4 is 160 Å². The first kappa shape index (κ1) is 51.8. The van der Waals surface area contributed by atoms with Crippen molar-refractivity contribution in [2.75, 3.05) is 19.6 Å². The van der Waals surface area contributed by atoms with E-state index < -0.39 is 8.07 Å². The maximum Gasteiger partial charge on any atom is 0.248 e. The predicted octanol–water partition coefficient (Wildman–Crippen LogP) is 17.6. The minimum atomic E-state index is -2.18. The van der Waals surface area contributed by atoms with Crippen molar-refractivity contribution in [3.05, 3.63) is 284 Å². The normalized spacial score (nSPS) is 13.2. The minimum absolute atomic E-state index is 0.0320. The number of aryl methyl sites for hydroxylation is 3. The number of nitrogens with zero attached hydrogens (tertiary/aromatic N) is 4. The van der Waals surface area contributed by atoms with Crippen LogP contribution in [0.1, 0.15) is 16.7 Å². The molecule has 4 nitrogen and oxygen atoms in total. The largest absolute Gasteiger partial charge is 0.311 e. The lowest BCUT2D eigenvalue weighted by Gasteiger charge is -2.43. The second kappa shape index (κ2) is 19.3. The molecule has 7 heteroatoms. The van der Waals surface area contributed by atoms with Gasteiger partial charge >= 0.3 is 0 Å². The molecular formula is C82H62B2N4Si. The number of hydrogen-bond acceptors (Lipinski definition) is 4. The van der Waals surface area contributed by atoms with Gasteiger partial charge in [0, 0.05) is 68.2 Å². The molecule has 0 spiro atoms. The predicted molar refractivity (Wildman–Crippen MR) is 386 cm³/mol. The molecule has 0 atom stereocenters. The van der Waals surface area contributed by atoms with Crippen molar-refractivity contribution in [3.8, 4) is 22.3 Å². The van der Waals surface area contributed by atoms with Crippen LogP contribution in [0, 0.1) is 20.8 Å². The summed E-state index contributed by atoms with van der Waals surface area (Å²) in [5, 5.41) is 9.88. The summed E-state index contributed by atoms with van der Waals surface area (Å²) in [5.74, 6) is 0. The van der Waals surface area contributed by atoms with E-state index in [0.717, 1.165) is 45.5 Å².